The van der Waals surface area contributed by atoms with Crippen molar-refractivity contribution in [3.63, 3.8) is 0 Å². The summed E-state index contributed by atoms with van der Waals surface area (Å²) in [6.07, 6.45) is 5.23. The molecular formula is C24H32N2O5. The summed E-state index contributed by atoms with van der Waals surface area (Å²) in [6, 6.07) is 7.86. The van der Waals surface area contributed by atoms with Gasteiger partial charge in [-0.1, -0.05) is 18.2 Å². The van der Waals surface area contributed by atoms with Crippen LogP contribution >= 0.6 is 0 Å². The molecule has 0 aromatic heterocycles. The number of morpholine rings is 1. The van der Waals surface area contributed by atoms with Gasteiger partial charge in [0.25, 0.3) is 5.91 Å². The fourth-order valence-electron chi connectivity index (χ4n) is 5.86. The summed E-state index contributed by atoms with van der Waals surface area (Å²) in [6.45, 7) is 3.34. The standard InChI is InChI=1S/C24H32N2O5/c1-16-23(28)26-12-4-11-24(15-29-14-22(27)25-24)21(26)13-30-18-9-7-17(8-10-18)19-5-2-3-6-20(19)31-16/h2-3,5-6,16-18,21H,4,7-15H2,1H3,(H,25,27). The highest BCUT2D eigenvalue weighted by atomic mass is 16.5. The van der Waals surface area contributed by atoms with Crippen molar-refractivity contribution in [2.75, 3.05) is 26.4 Å². The van der Waals surface area contributed by atoms with Crippen LogP contribution in [0.15, 0.2) is 24.3 Å². The van der Waals surface area contributed by atoms with E-state index in [1.54, 1.807) is 0 Å². The third-order valence-electron chi connectivity index (χ3n) is 7.47. The number of nitrogens with one attached hydrogen (secondary N) is 1. The van der Waals surface area contributed by atoms with Crippen molar-refractivity contribution in [2.45, 2.75) is 75.2 Å². The molecule has 1 saturated carbocycles. The summed E-state index contributed by atoms with van der Waals surface area (Å²) < 4.78 is 18.3. The molecule has 2 saturated heterocycles. The first-order valence-corrected chi connectivity index (χ1v) is 11.6. The maximum Gasteiger partial charge on any atom is 0.263 e. The van der Waals surface area contributed by atoms with Crippen LogP contribution in [-0.4, -0.2) is 66.9 Å². The number of ether oxygens (including phenoxy) is 3. The number of nitrogens with zero attached hydrogens (tertiary/aromatic N) is 1. The number of fused-ring (bicyclic) bond motifs is 5. The monoisotopic (exact) mass is 428 g/mol. The first-order chi connectivity index (χ1) is 15.1. The molecule has 1 aromatic rings. The molecular weight excluding hydrogens is 396 g/mol. The van der Waals surface area contributed by atoms with Crippen molar-refractivity contribution >= 4 is 11.8 Å². The fourth-order valence-corrected chi connectivity index (χ4v) is 5.86. The SMILES string of the molecule is CC1Oc2ccccc2C2CCC(CC2)OCC2N(CCCC23COCC(=O)N3)C1=O. The minimum atomic E-state index is -0.614. The van der Waals surface area contributed by atoms with Crippen LogP contribution in [0.2, 0.25) is 0 Å². The lowest BCUT2D eigenvalue weighted by atomic mass is 9.80. The molecule has 2 bridgehead atoms. The smallest absolute Gasteiger partial charge is 0.263 e. The van der Waals surface area contributed by atoms with Crippen LogP contribution in [-0.2, 0) is 19.1 Å². The molecule has 1 spiro atoms. The Kier molecular flexibility index (Phi) is 5.65. The second-order valence-corrected chi connectivity index (χ2v) is 9.45. The molecule has 4 aliphatic heterocycles. The first-order valence-electron chi connectivity index (χ1n) is 11.6. The second-order valence-electron chi connectivity index (χ2n) is 9.45. The summed E-state index contributed by atoms with van der Waals surface area (Å²) in [5.74, 6) is 1.06. The van der Waals surface area contributed by atoms with Gasteiger partial charge >= 0.3 is 0 Å². The highest BCUT2D eigenvalue weighted by molar-refractivity contribution is 5.82. The number of amides is 2. The quantitative estimate of drug-likeness (QED) is 0.687. The van der Waals surface area contributed by atoms with Crippen LogP contribution in [0.4, 0.5) is 0 Å². The molecule has 0 radical (unpaired) electrons. The molecule has 7 nitrogen and oxygen atoms in total. The van der Waals surface area contributed by atoms with Crippen LogP contribution in [0.1, 0.15) is 56.9 Å². The Hall–Kier alpha value is -2.12. The van der Waals surface area contributed by atoms with E-state index in [1.165, 1.54) is 5.56 Å². The maximum absolute atomic E-state index is 13.6. The number of benzene rings is 1. The summed E-state index contributed by atoms with van der Waals surface area (Å²) in [5.41, 5.74) is 0.595. The largest absolute Gasteiger partial charge is 0.481 e. The van der Waals surface area contributed by atoms with E-state index < -0.39 is 11.6 Å². The molecule has 1 N–H and O–H groups in total. The van der Waals surface area contributed by atoms with Crippen molar-refractivity contribution in [1.82, 2.24) is 10.2 Å². The Morgan fingerprint density at radius 3 is 2.74 bits per heavy atom. The summed E-state index contributed by atoms with van der Waals surface area (Å²) in [7, 11) is 0. The lowest BCUT2D eigenvalue weighted by molar-refractivity contribution is -0.159. The van der Waals surface area contributed by atoms with Gasteiger partial charge in [0.15, 0.2) is 6.10 Å². The van der Waals surface area contributed by atoms with Gasteiger partial charge in [-0.05, 0) is 63.0 Å². The number of piperidine rings is 1. The number of rotatable bonds is 0. The Morgan fingerprint density at radius 2 is 1.94 bits per heavy atom. The van der Waals surface area contributed by atoms with Crippen LogP contribution in [0.5, 0.6) is 5.75 Å². The third-order valence-corrected chi connectivity index (χ3v) is 7.47. The Labute approximate surface area is 183 Å². The van der Waals surface area contributed by atoms with Gasteiger partial charge in [0, 0.05) is 6.54 Å². The number of hydrogen-bond donors (Lipinski definition) is 1. The summed E-state index contributed by atoms with van der Waals surface area (Å²) in [5, 5.41) is 3.17. The van der Waals surface area contributed by atoms with Crippen LogP contribution in [0.25, 0.3) is 0 Å². The van der Waals surface area contributed by atoms with E-state index >= 15 is 0 Å². The lowest BCUT2D eigenvalue weighted by Gasteiger charge is -2.52. The molecule has 3 fully saturated rings. The highest BCUT2D eigenvalue weighted by Crippen LogP contribution is 2.40. The zero-order valence-corrected chi connectivity index (χ0v) is 18.2. The van der Waals surface area contributed by atoms with E-state index in [4.69, 9.17) is 14.2 Å². The lowest BCUT2D eigenvalue weighted by Crippen LogP contribution is -2.72. The van der Waals surface area contributed by atoms with Gasteiger partial charge in [-0.3, -0.25) is 9.59 Å². The number of carbonyl (C=O) groups excluding carboxylic acids is 2. The van der Waals surface area contributed by atoms with Crippen molar-refractivity contribution in [3.8, 4) is 5.75 Å². The van der Waals surface area contributed by atoms with E-state index in [0.717, 1.165) is 44.3 Å². The van der Waals surface area contributed by atoms with Gasteiger partial charge in [0.1, 0.15) is 12.4 Å². The maximum atomic E-state index is 13.6. The second kappa shape index (κ2) is 8.43. The normalized spacial score (nSPS) is 36.4. The Balaban J connectivity index is 1.49. The molecule has 7 heteroatoms. The predicted octanol–water partition coefficient (Wildman–Crippen LogP) is 2.39. The van der Waals surface area contributed by atoms with Crippen molar-refractivity contribution in [2.24, 2.45) is 0 Å². The molecule has 1 aliphatic carbocycles. The average Bonchev–Trinajstić information content (AvgIpc) is 2.79. The number of hydrogen-bond acceptors (Lipinski definition) is 5. The molecule has 3 atom stereocenters. The van der Waals surface area contributed by atoms with Gasteiger partial charge in [0.05, 0.1) is 30.9 Å². The van der Waals surface area contributed by atoms with Crippen molar-refractivity contribution < 1.29 is 23.8 Å². The molecule has 5 aliphatic rings. The molecule has 3 unspecified atom stereocenters. The number of carbonyl (C=O) groups is 2. The van der Waals surface area contributed by atoms with Gasteiger partial charge in [-0.25, -0.2) is 0 Å². The minimum Gasteiger partial charge on any atom is -0.481 e. The molecule has 4 heterocycles. The first kappa shape index (κ1) is 20.8. The molecule has 2 amide bonds. The van der Waals surface area contributed by atoms with Gasteiger partial charge < -0.3 is 24.4 Å². The fraction of sp³-hybridized carbons (Fsp3) is 0.667. The highest BCUT2D eigenvalue weighted by Gasteiger charge is 2.50. The minimum absolute atomic E-state index is 0.0612. The van der Waals surface area contributed by atoms with E-state index in [9.17, 15) is 9.59 Å². The molecule has 168 valence electrons. The van der Waals surface area contributed by atoms with Crippen molar-refractivity contribution in [1.29, 1.82) is 0 Å². The van der Waals surface area contributed by atoms with Crippen LogP contribution < -0.4 is 10.1 Å². The Morgan fingerprint density at radius 1 is 1.13 bits per heavy atom. The summed E-state index contributed by atoms with van der Waals surface area (Å²) >= 11 is 0. The molecule has 31 heavy (non-hydrogen) atoms. The van der Waals surface area contributed by atoms with Gasteiger partial charge in [-0.2, -0.15) is 0 Å². The molecule has 6 rings (SSSR count). The van der Waals surface area contributed by atoms with E-state index in [2.05, 4.69) is 11.4 Å². The Bertz CT molecular complexity index is 833. The van der Waals surface area contributed by atoms with E-state index in [0.29, 0.717) is 25.7 Å². The average molecular weight is 429 g/mol. The van der Waals surface area contributed by atoms with E-state index in [1.807, 2.05) is 30.0 Å². The topological polar surface area (TPSA) is 77.1 Å². The zero-order valence-electron chi connectivity index (χ0n) is 18.2. The van der Waals surface area contributed by atoms with E-state index in [-0.39, 0.29) is 30.6 Å². The number of para-hydroxylation sites is 1. The van der Waals surface area contributed by atoms with Gasteiger partial charge in [-0.15, -0.1) is 0 Å². The molecule has 1 aromatic carbocycles. The predicted molar refractivity (Wildman–Crippen MR) is 114 cm³/mol. The zero-order chi connectivity index (χ0) is 21.4. The van der Waals surface area contributed by atoms with Crippen molar-refractivity contribution in [3.05, 3.63) is 29.8 Å². The third kappa shape index (κ3) is 3.94. The summed E-state index contributed by atoms with van der Waals surface area (Å²) in [4.78, 5) is 27.7. The van der Waals surface area contributed by atoms with Crippen LogP contribution in [0, 0.1) is 0 Å². The van der Waals surface area contributed by atoms with Gasteiger partial charge in [0.2, 0.25) is 5.91 Å². The van der Waals surface area contributed by atoms with Crippen LogP contribution in [0.3, 0.4) is 0 Å².